The van der Waals surface area contributed by atoms with Gasteiger partial charge in [-0.25, -0.2) is 14.1 Å². The molecule has 0 saturated heterocycles. The summed E-state index contributed by atoms with van der Waals surface area (Å²) in [7, 11) is 3.46. The van der Waals surface area contributed by atoms with E-state index in [2.05, 4.69) is 20.4 Å². The minimum atomic E-state index is -0.320. The van der Waals surface area contributed by atoms with E-state index in [1.54, 1.807) is 36.2 Å². The average molecular weight is 357 g/mol. The van der Waals surface area contributed by atoms with E-state index in [-0.39, 0.29) is 5.82 Å². The molecule has 0 fully saturated rings. The van der Waals surface area contributed by atoms with Crippen LogP contribution in [0.3, 0.4) is 0 Å². The lowest BCUT2D eigenvalue weighted by Gasteiger charge is -2.09. The molecule has 2 aromatic heterocycles. The molecule has 0 amide bonds. The molecule has 3 rings (SSSR count). The van der Waals surface area contributed by atoms with Crippen molar-refractivity contribution in [3.63, 3.8) is 0 Å². The number of hydrogen-bond acceptors (Lipinski definition) is 6. The largest absolute Gasteiger partial charge is 0.481 e. The van der Waals surface area contributed by atoms with Gasteiger partial charge < -0.3 is 14.8 Å². The topological polar surface area (TPSA) is 74.1 Å². The zero-order valence-corrected chi connectivity index (χ0v) is 14.9. The van der Waals surface area contributed by atoms with Gasteiger partial charge in [0.05, 0.1) is 24.9 Å². The predicted molar refractivity (Wildman–Crippen MR) is 95.0 cm³/mol. The van der Waals surface area contributed by atoms with Crippen molar-refractivity contribution < 1.29 is 13.9 Å². The van der Waals surface area contributed by atoms with Crippen LogP contribution in [0.4, 0.5) is 10.3 Å². The van der Waals surface area contributed by atoms with Gasteiger partial charge in [0, 0.05) is 19.3 Å². The highest BCUT2D eigenvalue weighted by Crippen LogP contribution is 2.24. The molecule has 0 saturated carbocycles. The van der Waals surface area contributed by atoms with Crippen molar-refractivity contribution in [3.05, 3.63) is 53.6 Å². The van der Waals surface area contributed by atoms with E-state index in [4.69, 9.17) is 9.47 Å². The SMILES string of the molecule is CCc1nn(C)c(OC)c1CNc1nccc(Oc2ccc(F)cc2)n1. The fourth-order valence-electron chi connectivity index (χ4n) is 2.60. The van der Waals surface area contributed by atoms with E-state index >= 15 is 0 Å². The van der Waals surface area contributed by atoms with E-state index in [9.17, 15) is 4.39 Å². The van der Waals surface area contributed by atoms with Gasteiger partial charge in [-0.15, -0.1) is 0 Å². The van der Waals surface area contributed by atoms with Crippen LogP contribution >= 0.6 is 0 Å². The maximum Gasteiger partial charge on any atom is 0.226 e. The number of nitrogens with zero attached hydrogens (tertiary/aromatic N) is 4. The molecule has 0 unspecified atom stereocenters. The number of methoxy groups -OCH3 is 1. The highest BCUT2D eigenvalue weighted by molar-refractivity contribution is 5.37. The van der Waals surface area contributed by atoms with Gasteiger partial charge in [-0.3, -0.25) is 0 Å². The Kier molecular flexibility index (Phi) is 5.31. The predicted octanol–water partition coefficient (Wildman–Crippen LogP) is 3.32. The number of anilines is 1. The number of ether oxygens (including phenoxy) is 2. The van der Waals surface area contributed by atoms with E-state index in [1.807, 2.05) is 14.0 Å². The third-order valence-corrected chi connectivity index (χ3v) is 3.79. The van der Waals surface area contributed by atoms with Crippen molar-refractivity contribution in [2.24, 2.45) is 7.05 Å². The summed E-state index contributed by atoms with van der Waals surface area (Å²) >= 11 is 0. The summed E-state index contributed by atoms with van der Waals surface area (Å²) in [5.74, 6) is 1.66. The van der Waals surface area contributed by atoms with Crippen LogP contribution in [0.5, 0.6) is 17.5 Å². The summed E-state index contributed by atoms with van der Waals surface area (Å²) in [4.78, 5) is 8.51. The third kappa shape index (κ3) is 3.90. The zero-order valence-electron chi connectivity index (χ0n) is 14.9. The van der Waals surface area contributed by atoms with Crippen molar-refractivity contribution in [2.45, 2.75) is 19.9 Å². The van der Waals surface area contributed by atoms with Gasteiger partial charge in [0.15, 0.2) is 0 Å². The second kappa shape index (κ2) is 7.81. The first kappa shape index (κ1) is 17.7. The highest BCUT2D eigenvalue weighted by Gasteiger charge is 2.15. The number of rotatable bonds is 7. The van der Waals surface area contributed by atoms with Gasteiger partial charge in [0.2, 0.25) is 17.7 Å². The van der Waals surface area contributed by atoms with E-state index in [0.717, 1.165) is 17.7 Å². The van der Waals surface area contributed by atoms with Crippen molar-refractivity contribution in [1.29, 1.82) is 0 Å². The van der Waals surface area contributed by atoms with Crippen LogP contribution < -0.4 is 14.8 Å². The first-order chi connectivity index (χ1) is 12.6. The van der Waals surface area contributed by atoms with E-state index in [1.165, 1.54) is 12.1 Å². The van der Waals surface area contributed by atoms with Gasteiger partial charge in [0.1, 0.15) is 11.6 Å². The fourth-order valence-corrected chi connectivity index (χ4v) is 2.60. The second-order valence-electron chi connectivity index (χ2n) is 5.54. The van der Waals surface area contributed by atoms with Gasteiger partial charge in [0.25, 0.3) is 0 Å². The normalized spacial score (nSPS) is 10.6. The van der Waals surface area contributed by atoms with Gasteiger partial charge in [-0.2, -0.15) is 10.1 Å². The molecule has 0 atom stereocenters. The molecule has 0 radical (unpaired) electrons. The molecule has 3 aromatic rings. The number of halogens is 1. The van der Waals surface area contributed by atoms with Crippen molar-refractivity contribution in [3.8, 4) is 17.5 Å². The van der Waals surface area contributed by atoms with Crippen LogP contribution in [-0.4, -0.2) is 26.9 Å². The minimum Gasteiger partial charge on any atom is -0.481 e. The Hall–Kier alpha value is -3.16. The molecule has 26 heavy (non-hydrogen) atoms. The highest BCUT2D eigenvalue weighted by atomic mass is 19.1. The minimum absolute atomic E-state index is 0.320. The Bertz CT molecular complexity index is 880. The molecule has 0 bridgehead atoms. The van der Waals surface area contributed by atoms with Crippen molar-refractivity contribution in [2.75, 3.05) is 12.4 Å². The lowest BCUT2D eigenvalue weighted by molar-refractivity contribution is 0.369. The molecular formula is C18H20FN5O2. The Morgan fingerprint density at radius 1 is 1.19 bits per heavy atom. The molecule has 0 spiro atoms. The molecule has 1 N–H and O–H groups in total. The lowest BCUT2D eigenvalue weighted by Crippen LogP contribution is -2.06. The molecule has 8 heteroatoms. The number of hydrogen-bond donors (Lipinski definition) is 1. The van der Waals surface area contributed by atoms with Crippen LogP contribution in [0.15, 0.2) is 36.5 Å². The fraction of sp³-hybridized carbons (Fsp3) is 0.278. The van der Waals surface area contributed by atoms with Crippen LogP contribution in [-0.2, 0) is 20.0 Å². The summed E-state index contributed by atoms with van der Waals surface area (Å²) in [5, 5.41) is 7.61. The molecule has 0 aliphatic heterocycles. The van der Waals surface area contributed by atoms with Gasteiger partial charge in [-0.1, -0.05) is 6.92 Å². The molecule has 136 valence electrons. The summed E-state index contributed by atoms with van der Waals surface area (Å²) < 4.78 is 25.7. The van der Waals surface area contributed by atoms with Crippen LogP contribution in [0.2, 0.25) is 0 Å². The Labute approximate surface area is 150 Å². The quantitative estimate of drug-likeness (QED) is 0.699. The summed E-state index contributed by atoms with van der Waals surface area (Å²) in [6.45, 7) is 2.51. The van der Waals surface area contributed by atoms with Crippen LogP contribution in [0, 0.1) is 5.82 Å². The Morgan fingerprint density at radius 3 is 2.65 bits per heavy atom. The first-order valence-electron chi connectivity index (χ1n) is 8.19. The second-order valence-corrected chi connectivity index (χ2v) is 5.54. The molecule has 1 aromatic carbocycles. The number of nitrogens with one attached hydrogen (secondary N) is 1. The van der Waals surface area contributed by atoms with E-state index in [0.29, 0.717) is 30.0 Å². The van der Waals surface area contributed by atoms with Gasteiger partial charge >= 0.3 is 0 Å². The molecule has 0 aliphatic carbocycles. The Morgan fingerprint density at radius 2 is 1.96 bits per heavy atom. The molecule has 7 nitrogen and oxygen atoms in total. The van der Waals surface area contributed by atoms with Crippen LogP contribution in [0.1, 0.15) is 18.2 Å². The van der Waals surface area contributed by atoms with E-state index < -0.39 is 0 Å². The van der Waals surface area contributed by atoms with Crippen molar-refractivity contribution in [1.82, 2.24) is 19.7 Å². The third-order valence-electron chi connectivity index (χ3n) is 3.79. The number of benzene rings is 1. The summed E-state index contributed by atoms with van der Waals surface area (Å²) in [5.41, 5.74) is 1.92. The molecule has 2 heterocycles. The molecular weight excluding hydrogens is 337 g/mol. The number of aryl methyl sites for hydroxylation is 2. The zero-order chi connectivity index (χ0) is 18.5. The first-order valence-corrected chi connectivity index (χ1v) is 8.19. The maximum atomic E-state index is 13.0. The van der Waals surface area contributed by atoms with Gasteiger partial charge in [-0.05, 0) is 30.7 Å². The summed E-state index contributed by atoms with van der Waals surface area (Å²) in [6, 6.07) is 7.38. The smallest absolute Gasteiger partial charge is 0.226 e. The summed E-state index contributed by atoms with van der Waals surface area (Å²) in [6.07, 6.45) is 2.39. The van der Waals surface area contributed by atoms with Crippen LogP contribution in [0.25, 0.3) is 0 Å². The maximum absolute atomic E-state index is 13.0. The van der Waals surface area contributed by atoms with Crippen molar-refractivity contribution >= 4 is 5.95 Å². The Balaban J connectivity index is 1.72. The average Bonchev–Trinajstić information content (AvgIpc) is 2.97. The monoisotopic (exact) mass is 357 g/mol. The lowest BCUT2D eigenvalue weighted by atomic mass is 10.2. The standard InChI is InChI=1S/C18H20FN5O2/c1-4-15-14(17(25-3)24(2)23-15)11-21-18-20-10-9-16(22-18)26-13-7-5-12(19)6-8-13/h5-10H,4,11H2,1-3H3,(H,20,21,22). The molecule has 0 aliphatic rings. The number of aromatic nitrogens is 4.